The fourth-order valence-electron chi connectivity index (χ4n) is 3.69. The molecule has 0 atom stereocenters. The number of fused-ring (bicyclic) bond motifs is 4. The van der Waals surface area contributed by atoms with E-state index in [9.17, 15) is 9.59 Å². The third-order valence-corrected chi connectivity index (χ3v) is 6.08. The standard InChI is InChI=1S/C23H21N5O4S/c1-2-10-27-21(30)16-6-3-4-7-17(16)28-22(27)25-26-23(28)33-14-20(29)24-15-8-9-18-19(13-15)32-12-5-11-31-18/h2-4,6-9,13H,1,5,10-12,14H2,(H,24,29). The van der Waals surface area contributed by atoms with Crippen molar-refractivity contribution in [1.29, 1.82) is 0 Å². The number of hydrogen-bond donors (Lipinski definition) is 1. The van der Waals surface area contributed by atoms with Crippen molar-refractivity contribution in [3.63, 3.8) is 0 Å². The first-order valence-corrected chi connectivity index (χ1v) is 11.4. The number of benzene rings is 2. The number of carbonyl (C=O) groups is 1. The van der Waals surface area contributed by atoms with E-state index in [0.717, 1.165) is 6.42 Å². The second-order valence-corrected chi connectivity index (χ2v) is 8.33. The van der Waals surface area contributed by atoms with Crippen molar-refractivity contribution < 1.29 is 14.3 Å². The van der Waals surface area contributed by atoms with Crippen LogP contribution in [0, 0.1) is 0 Å². The predicted molar refractivity (Wildman–Crippen MR) is 126 cm³/mol. The minimum Gasteiger partial charge on any atom is -0.490 e. The zero-order valence-electron chi connectivity index (χ0n) is 17.7. The van der Waals surface area contributed by atoms with Crippen molar-refractivity contribution in [3.05, 3.63) is 65.5 Å². The molecule has 168 valence electrons. The third-order valence-electron chi connectivity index (χ3n) is 5.15. The lowest BCUT2D eigenvalue weighted by Gasteiger charge is -2.11. The Kier molecular flexibility index (Phi) is 5.74. The van der Waals surface area contributed by atoms with E-state index in [1.807, 2.05) is 18.2 Å². The Balaban J connectivity index is 1.39. The van der Waals surface area contributed by atoms with E-state index in [4.69, 9.17) is 9.47 Å². The molecule has 9 nitrogen and oxygen atoms in total. The van der Waals surface area contributed by atoms with Crippen molar-refractivity contribution in [2.24, 2.45) is 0 Å². The first-order valence-electron chi connectivity index (χ1n) is 10.5. The van der Waals surface area contributed by atoms with Gasteiger partial charge in [0.05, 0.1) is 29.9 Å². The van der Waals surface area contributed by atoms with Crippen LogP contribution in [-0.2, 0) is 11.3 Å². The fourth-order valence-corrected chi connectivity index (χ4v) is 4.43. The molecule has 0 unspecified atom stereocenters. The first-order chi connectivity index (χ1) is 16.2. The summed E-state index contributed by atoms with van der Waals surface area (Å²) in [5, 5.41) is 12.4. The molecule has 0 saturated carbocycles. The summed E-state index contributed by atoms with van der Waals surface area (Å²) in [7, 11) is 0. The van der Waals surface area contributed by atoms with Crippen LogP contribution in [0.5, 0.6) is 11.5 Å². The van der Waals surface area contributed by atoms with Crippen LogP contribution in [0.2, 0.25) is 0 Å². The summed E-state index contributed by atoms with van der Waals surface area (Å²) in [4.78, 5) is 25.5. The Bertz CT molecular complexity index is 1430. The molecule has 0 fully saturated rings. The maximum Gasteiger partial charge on any atom is 0.263 e. The highest BCUT2D eigenvalue weighted by atomic mass is 32.2. The van der Waals surface area contributed by atoms with E-state index in [0.29, 0.717) is 58.8 Å². The van der Waals surface area contributed by atoms with E-state index in [-0.39, 0.29) is 17.2 Å². The summed E-state index contributed by atoms with van der Waals surface area (Å²) in [6, 6.07) is 12.6. The molecule has 10 heteroatoms. The third kappa shape index (κ3) is 4.05. The highest BCUT2D eigenvalue weighted by Gasteiger charge is 2.17. The minimum absolute atomic E-state index is 0.115. The van der Waals surface area contributed by atoms with Gasteiger partial charge in [0.1, 0.15) is 0 Å². The summed E-state index contributed by atoms with van der Waals surface area (Å²) in [5.74, 6) is 1.61. The molecule has 3 heterocycles. The molecule has 1 N–H and O–H groups in total. The van der Waals surface area contributed by atoms with E-state index in [2.05, 4.69) is 22.1 Å². The van der Waals surface area contributed by atoms with Gasteiger partial charge in [-0.25, -0.2) is 0 Å². The Morgan fingerprint density at radius 3 is 2.82 bits per heavy atom. The SMILES string of the molecule is C=CCn1c(=O)c2ccccc2n2c(SCC(=O)Nc3ccc4c(c3)OCCCO4)nnc12. The number of aromatic nitrogens is 4. The highest BCUT2D eigenvalue weighted by Crippen LogP contribution is 2.32. The molecule has 1 amide bonds. The van der Waals surface area contributed by atoms with Crippen LogP contribution in [0.1, 0.15) is 6.42 Å². The number of ether oxygens (including phenoxy) is 2. The Labute approximate surface area is 193 Å². The minimum atomic E-state index is -0.199. The topological polar surface area (TPSA) is 99.8 Å². The number of anilines is 1. The van der Waals surface area contributed by atoms with Gasteiger partial charge in [-0.15, -0.1) is 16.8 Å². The van der Waals surface area contributed by atoms with Crippen molar-refractivity contribution >= 4 is 40.0 Å². The van der Waals surface area contributed by atoms with E-state index in [1.165, 1.54) is 16.3 Å². The maximum atomic E-state index is 12.9. The number of nitrogens with one attached hydrogen (secondary N) is 1. The molecule has 0 bridgehead atoms. The van der Waals surface area contributed by atoms with Gasteiger partial charge in [-0.1, -0.05) is 30.0 Å². The van der Waals surface area contributed by atoms with Crippen LogP contribution < -0.4 is 20.3 Å². The molecule has 5 rings (SSSR count). The summed E-state index contributed by atoms with van der Waals surface area (Å²) >= 11 is 1.24. The molecular weight excluding hydrogens is 442 g/mol. The summed E-state index contributed by atoms with van der Waals surface area (Å²) in [5.41, 5.74) is 1.16. The second kappa shape index (κ2) is 8.99. The van der Waals surface area contributed by atoms with Gasteiger partial charge in [-0.3, -0.25) is 18.6 Å². The molecule has 2 aromatic carbocycles. The molecule has 0 saturated heterocycles. The largest absolute Gasteiger partial charge is 0.490 e. The van der Waals surface area contributed by atoms with Gasteiger partial charge in [0.2, 0.25) is 11.7 Å². The van der Waals surface area contributed by atoms with Gasteiger partial charge in [0.15, 0.2) is 16.7 Å². The Morgan fingerprint density at radius 2 is 1.97 bits per heavy atom. The van der Waals surface area contributed by atoms with Gasteiger partial charge in [0, 0.05) is 24.7 Å². The van der Waals surface area contributed by atoms with Crippen LogP contribution in [-0.4, -0.2) is 44.0 Å². The molecule has 33 heavy (non-hydrogen) atoms. The lowest BCUT2D eigenvalue weighted by molar-refractivity contribution is -0.113. The average molecular weight is 464 g/mol. The van der Waals surface area contributed by atoms with Gasteiger partial charge in [-0.2, -0.15) is 0 Å². The monoisotopic (exact) mass is 463 g/mol. The van der Waals surface area contributed by atoms with Crippen molar-refractivity contribution in [2.45, 2.75) is 18.1 Å². The lowest BCUT2D eigenvalue weighted by Crippen LogP contribution is -2.22. The van der Waals surface area contributed by atoms with Gasteiger partial charge in [-0.05, 0) is 24.3 Å². The molecule has 0 spiro atoms. The quantitative estimate of drug-likeness (QED) is 0.346. The number of para-hydroxylation sites is 1. The normalized spacial score (nSPS) is 13.1. The van der Waals surface area contributed by atoms with Gasteiger partial charge in [0.25, 0.3) is 5.56 Å². The molecule has 2 aromatic heterocycles. The fraction of sp³-hybridized carbons (Fsp3) is 0.217. The van der Waals surface area contributed by atoms with Crippen LogP contribution in [0.15, 0.2) is 65.1 Å². The average Bonchev–Trinajstić information content (AvgIpc) is 3.11. The van der Waals surface area contributed by atoms with E-state index < -0.39 is 0 Å². The lowest BCUT2D eigenvalue weighted by atomic mass is 10.2. The molecule has 0 aliphatic carbocycles. The Hall–Kier alpha value is -3.79. The van der Waals surface area contributed by atoms with Crippen molar-refractivity contribution in [2.75, 3.05) is 24.3 Å². The number of nitrogens with zero attached hydrogens (tertiary/aromatic N) is 4. The molecule has 0 radical (unpaired) electrons. The van der Waals surface area contributed by atoms with Crippen LogP contribution in [0.3, 0.4) is 0 Å². The predicted octanol–water partition coefficient (Wildman–Crippen LogP) is 3.12. The highest BCUT2D eigenvalue weighted by molar-refractivity contribution is 7.99. The Morgan fingerprint density at radius 1 is 1.15 bits per heavy atom. The number of amides is 1. The molecular formula is C23H21N5O4S. The van der Waals surface area contributed by atoms with Gasteiger partial charge >= 0.3 is 0 Å². The summed E-state index contributed by atoms with van der Waals surface area (Å²) in [6.45, 7) is 5.22. The van der Waals surface area contributed by atoms with Crippen molar-refractivity contribution in [3.8, 4) is 11.5 Å². The smallest absolute Gasteiger partial charge is 0.263 e. The van der Waals surface area contributed by atoms with E-state index >= 15 is 0 Å². The van der Waals surface area contributed by atoms with Crippen LogP contribution >= 0.6 is 11.8 Å². The molecule has 1 aliphatic rings. The maximum absolute atomic E-state index is 12.9. The molecule has 4 aromatic rings. The number of thioether (sulfide) groups is 1. The van der Waals surface area contributed by atoms with Crippen molar-refractivity contribution in [1.82, 2.24) is 19.2 Å². The number of rotatable bonds is 6. The second-order valence-electron chi connectivity index (χ2n) is 7.39. The molecule has 1 aliphatic heterocycles. The summed E-state index contributed by atoms with van der Waals surface area (Å²) in [6.07, 6.45) is 2.45. The zero-order chi connectivity index (χ0) is 22.8. The summed E-state index contributed by atoms with van der Waals surface area (Å²) < 4.78 is 14.6. The number of hydrogen-bond acceptors (Lipinski definition) is 7. The van der Waals surface area contributed by atoms with Gasteiger partial charge < -0.3 is 14.8 Å². The number of allylic oxidation sites excluding steroid dienone is 1. The first kappa shape index (κ1) is 21.1. The number of carbonyl (C=O) groups excluding carboxylic acids is 1. The van der Waals surface area contributed by atoms with E-state index in [1.54, 1.807) is 34.7 Å². The zero-order valence-corrected chi connectivity index (χ0v) is 18.5. The van der Waals surface area contributed by atoms with Crippen LogP contribution in [0.25, 0.3) is 16.7 Å². The van der Waals surface area contributed by atoms with Crippen LogP contribution in [0.4, 0.5) is 5.69 Å².